The second-order valence-electron chi connectivity index (χ2n) is 7.87. The summed E-state index contributed by atoms with van der Waals surface area (Å²) in [5.74, 6) is 3.44. The third-order valence-electron chi connectivity index (χ3n) is 5.54. The summed E-state index contributed by atoms with van der Waals surface area (Å²) in [4.78, 5) is 9.26. The highest BCUT2D eigenvalue weighted by atomic mass is 35.5. The van der Waals surface area contributed by atoms with Gasteiger partial charge in [0.25, 0.3) is 0 Å². The fraction of sp³-hybridized carbons (Fsp3) is 0.143. The normalized spacial score (nSPS) is 10.7. The van der Waals surface area contributed by atoms with E-state index in [4.69, 9.17) is 34.6 Å². The number of nitrogens with zero attached hydrogens (tertiary/aromatic N) is 2. The van der Waals surface area contributed by atoms with Crippen LogP contribution in [0.2, 0.25) is 10.0 Å². The van der Waals surface area contributed by atoms with E-state index in [0.29, 0.717) is 16.5 Å². The zero-order valence-electron chi connectivity index (χ0n) is 18.0. The van der Waals surface area contributed by atoms with E-state index >= 15 is 0 Å². The smallest absolute Gasteiger partial charge is 0.132 e. The highest BCUT2D eigenvalue weighted by Crippen LogP contribution is 2.33. The van der Waals surface area contributed by atoms with Gasteiger partial charge in [-0.25, -0.2) is 9.97 Å². The molecule has 0 atom stereocenters. The number of halogens is 2. The summed E-state index contributed by atoms with van der Waals surface area (Å²) in [6.07, 6.45) is 8.69. The number of rotatable bonds is 5. The molecule has 0 fully saturated rings. The number of terminal acetylenes is 1. The van der Waals surface area contributed by atoms with Crippen LogP contribution in [0.5, 0.6) is 0 Å². The van der Waals surface area contributed by atoms with Crippen molar-refractivity contribution in [1.82, 2.24) is 9.97 Å². The molecule has 0 unspecified atom stereocenters. The molecule has 0 saturated carbocycles. The topological polar surface area (TPSA) is 25.8 Å². The van der Waals surface area contributed by atoms with Crippen molar-refractivity contribution >= 4 is 23.2 Å². The monoisotopic (exact) mass is 456 g/mol. The van der Waals surface area contributed by atoms with E-state index < -0.39 is 0 Å². The molecule has 1 aromatic heterocycles. The van der Waals surface area contributed by atoms with Crippen molar-refractivity contribution in [2.45, 2.75) is 26.7 Å². The molecule has 1 heterocycles. The molecule has 0 saturated heterocycles. The average molecular weight is 457 g/mol. The van der Waals surface area contributed by atoms with Crippen LogP contribution in [0.3, 0.4) is 0 Å². The lowest BCUT2D eigenvalue weighted by Crippen LogP contribution is -2.03. The van der Waals surface area contributed by atoms with Gasteiger partial charge in [0, 0.05) is 45.9 Å². The minimum absolute atomic E-state index is 0.635. The van der Waals surface area contributed by atoms with Gasteiger partial charge in [-0.3, -0.25) is 0 Å². The Bertz CT molecular complexity index is 1300. The minimum atomic E-state index is 0.635. The molecule has 4 aromatic rings. The Balaban J connectivity index is 1.57. The minimum Gasteiger partial charge on any atom is -0.241 e. The maximum absolute atomic E-state index is 6.43. The Hall–Kier alpha value is -3.12. The van der Waals surface area contributed by atoms with Gasteiger partial charge < -0.3 is 0 Å². The van der Waals surface area contributed by atoms with Crippen LogP contribution in [0.4, 0.5) is 0 Å². The predicted octanol–water partition coefficient (Wildman–Crippen LogP) is 7.23. The molecule has 0 aliphatic heterocycles. The van der Waals surface area contributed by atoms with Gasteiger partial charge in [-0.1, -0.05) is 59.5 Å². The Morgan fingerprint density at radius 1 is 0.875 bits per heavy atom. The first kappa shape index (κ1) is 22.1. The summed E-state index contributed by atoms with van der Waals surface area (Å²) >= 11 is 12.5. The van der Waals surface area contributed by atoms with Gasteiger partial charge in [-0.2, -0.15) is 0 Å². The van der Waals surface area contributed by atoms with Gasteiger partial charge in [0.2, 0.25) is 0 Å². The van der Waals surface area contributed by atoms with Crippen LogP contribution in [-0.2, 0) is 12.8 Å². The van der Waals surface area contributed by atoms with Gasteiger partial charge in [0.05, 0.1) is 0 Å². The highest BCUT2D eigenvalue weighted by Gasteiger charge is 2.11. The summed E-state index contributed by atoms with van der Waals surface area (Å²) in [7, 11) is 0. The summed E-state index contributed by atoms with van der Waals surface area (Å²) in [5, 5.41) is 1.29. The van der Waals surface area contributed by atoms with E-state index in [-0.39, 0.29) is 0 Å². The molecule has 2 nitrogen and oxygen atoms in total. The quantitative estimate of drug-likeness (QED) is 0.296. The van der Waals surface area contributed by atoms with Crippen molar-refractivity contribution in [3.05, 3.63) is 116 Å². The number of aromatic nitrogens is 2. The molecule has 0 aliphatic rings. The van der Waals surface area contributed by atoms with Gasteiger partial charge in [-0.15, -0.1) is 6.42 Å². The van der Waals surface area contributed by atoms with Crippen LogP contribution in [0.1, 0.15) is 39.3 Å². The maximum Gasteiger partial charge on any atom is 0.132 e. The predicted molar refractivity (Wildman–Crippen MR) is 133 cm³/mol. The van der Waals surface area contributed by atoms with Crippen LogP contribution in [0.15, 0.2) is 66.9 Å². The van der Waals surface area contributed by atoms with E-state index in [1.54, 1.807) is 6.07 Å². The van der Waals surface area contributed by atoms with Gasteiger partial charge in [-0.05, 0) is 72.0 Å². The summed E-state index contributed by atoms with van der Waals surface area (Å²) in [6.45, 7) is 4.26. The number of hydrogen-bond acceptors (Lipinski definition) is 2. The Labute approximate surface area is 199 Å². The van der Waals surface area contributed by atoms with Crippen molar-refractivity contribution in [2.75, 3.05) is 0 Å². The first-order chi connectivity index (χ1) is 15.4. The van der Waals surface area contributed by atoms with Crippen LogP contribution in [0, 0.1) is 26.2 Å². The molecule has 4 rings (SSSR count). The lowest BCUT2D eigenvalue weighted by Gasteiger charge is -2.14. The number of benzene rings is 3. The molecular formula is C28H22Cl2N2. The standard InChI is InChI=1S/C28H22Cl2N2/c1-4-20-5-7-21(8-6-20)15-28-31-12-11-24(32-28)17-26-18(2)13-22(14-19(26)3)25-10-9-23(29)16-27(25)30/h1,5-14,16H,15,17H2,2-3H3. The van der Waals surface area contributed by atoms with Crippen molar-refractivity contribution < 1.29 is 0 Å². The molecule has 0 amide bonds. The molecule has 0 radical (unpaired) electrons. The van der Waals surface area contributed by atoms with E-state index in [0.717, 1.165) is 40.2 Å². The summed E-state index contributed by atoms with van der Waals surface area (Å²) < 4.78 is 0. The van der Waals surface area contributed by atoms with Gasteiger partial charge in [0.1, 0.15) is 5.82 Å². The fourth-order valence-corrected chi connectivity index (χ4v) is 4.38. The van der Waals surface area contributed by atoms with E-state index in [2.05, 4.69) is 36.9 Å². The van der Waals surface area contributed by atoms with Gasteiger partial charge in [0.15, 0.2) is 0 Å². The molecule has 32 heavy (non-hydrogen) atoms. The Morgan fingerprint density at radius 3 is 2.25 bits per heavy atom. The Morgan fingerprint density at radius 2 is 1.59 bits per heavy atom. The lowest BCUT2D eigenvalue weighted by molar-refractivity contribution is 0.912. The van der Waals surface area contributed by atoms with Crippen LogP contribution in [0.25, 0.3) is 11.1 Å². The van der Waals surface area contributed by atoms with E-state index in [9.17, 15) is 0 Å². The summed E-state index contributed by atoms with van der Waals surface area (Å²) in [6, 6.07) is 19.9. The second kappa shape index (κ2) is 9.57. The molecule has 0 aliphatic carbocycles. The molecular weight excluding hydrogens is 435 g/mol. The summed E-state index contributed by atoms with van der Waals surface area (Å²) in [5.41, 5.74) is 8.75. The SMILES string of the molecule is C#Cc1ccc(Cc2nccc(Cc3c(C)cc(-c4ccc(Cl)cc4Cl)cc3C)n2)cc1. The number of hydrogen-bond donors (Lipinski definition) is 0. The third-order valence-corrected chi connectivity index (χ3v) is 6.09. The lowest BCUT2D eigenvalue weighted by atomic mass is 9.93. The van der Waals surface area contributed by atoms with Crippen molar-refractivity contribution in [1.29, 1.82) is 0 Å². The molecule has 0 N–H and O–H groups in total. The average Bonchev–Trinajstić information content (AvgIpc) is 2.77. The molecule has 4 heteroatoms. The first-order valence-electron chi connectivity index (χ1n) is 10.3. The zero-order valence-corrected chi connectivity index (χ0v) is 19.5. The van der Waals surface area contributed by atoms with Crippen LogP contribution < -0.4 is 0 Å². The maximum atomic E-state index is 6.43. The van der Waals surface area contributed by atoms with Crippen molar-refractivity contribution in [3.8, 4) is 23.5 Å². The second-order valence-corrected chi connectivity index (χ2v) is 8.72. The molecule has 0 bridgehead atoms. The molecule has 0 spiro atoms. The van der Waals surface area contributed by atoms with Crippen molar-refractivity contribution in [3.63, 3.8) is 0 Å². The third kappa shape index (κ3) is 5.02. The fourth-order valence-electron chi connectivity index (χ4n) is 3.86. The highest BCUT2D eigenvalue weighted by molar-refractivity contribution is 6.36. The largest absolute Gasteiger partial charge is 0.241 e. The van der Waals surface area contributed by atoms with Crippen LogP contribution in [-0.4, -0.2) is 9.97 Å². The molecule has 158 valence electrons. The molecule has 3 aromatic carbocycles. The van der Waals surface area contributed by atoms with Gasteiger partial charge >= 0.3 is 0 Å². The Kier molecular flexibility index (Phi) is 6.61. The first-order valence-corrected chi connectivity index (χ1v) is 11.1. The van der Waals surface area contributed by atoms with E-state index in [1.807, 2.05) is 48.7 Å². The van der Waals surface area contributed by atoms with Crippen LogP contribution >= 0.6 is 23.2 Å². The van der Waals surface area contributed by atoms with Crippen molar-refractivity contribution in [2.24, 2.45) is 0 Å². The zero-order chi connectivity index (χ0) is 22.7. The number of aryl methyl sites for hydroxylation is 2. The van der Waals surface area contributed by atoms with E-state index in [1.165, 1.54) is 16.7 Å².